The highest BCUT2D eigenvalue weighted by Crippen LogP contribution is 2.40. The van der Waals surface area contributed by atoms with Crippen LogP contribution in [-0.2, 0) is 22.6 Å². The van der Waals surface area contributed by atoms with Crippen LogP contribution in [0.5, 0.6) is 0 Å². The molecule has 0 saturated carbocycles. The molecular formula is C31H31NO3S. The van der Waals surface area contributed by atoms with Crippen LogP contribution in [0.4, 0.5) is 0 Å². The van der Waals surface area contributed by atoms with Crippen LogP contribution >= 0.6 is 11.8 Å². The summed E-state index contributed by atoms with van der Waals surface area (Å²) in [7, 11) is 0. The second kappa shape index (κ2) is 11.9. The van der Waals surface area contributed by atoms with E-state index in [-0.39, 0.29) is 18.8 Å². The summed E-state index contributed by atoms with van der Waals surface area (Å²) in [4.78, 5) is 1.23. The molecular weight excluding hydrogens is 466 g/mol. The minimum absolute atomic E-state index is 0.0352. The topological polar surface area (TPSA) is 64.7 Å². The van der Waals surface area contributed by atoms with Crippen molar-refractivity contribution < 1.29 is 14.6 Å². The number of aliphatic hydroxyl groups is 1. The summed E-state index contributed by atoms with van der Waals surface area (Å²) in [6.07, 6.45) is 0.266. The minimum atomic E-state index is -0.457. The second-order valence-corrected chi connectivity index (χ2v) is 10.1. The molecule has 4 aromatic carbocycles. The normalized spacial score (nSPS) is 19.8. The first-order chi connectivity index (χ1) is 17.7. The average Bonchev–Trinajstić information content (AvgIpc) is 2.96. The molecule has 4 nitrogen and oxygen atoms in total. The average molecular weight is 498 g/mol. The third-order valence-electron chi connectivity index (χ3n) is 6.53. The van der Waals surface area contributed by atoms with Gasteiger partial charge in [0, 0.05) is 29.2 Å². The first kappa shape index (κ1) is 24.8. The molecule has 0 radical (unpaired) electrons. The van der Waals surface area contributed by atoms with E-state index in [4.69, 9.17) is 15.2 Å². The molecule has 0 unspecified atom stereocenters. The van der Waals surface area contributed by atoms with Gasteiger partial charge in [-0.25, -0.2) is 0 Å². The maximum absolute atomic E-state index is 9.43. The molecule has 0 aromatic heterocycles. The number of nitrogens with two attached hydrogens (primary N) is 1. The molecule has 5 rings (SSSR count). The zero-order valence-electron chi connectivity index (χ0n) is 20.1. The lowest BCUT2D eigenvalue weighted by molar-refractivity contribution is -0.245. The van der Waals surface area contributed by atoms with Crippen LogP contribution in [0.3, 0.4) is 0 Å². The zero-order valence-corrected chi connectivity index (χ0v) is 20.9. The van der Waals surface area contributed by atoms with Gasteiger partial charge in [-0.2, -0.15) is 0 Å². The van der Waals surface area contributed by atoms with Gasteiger partial charge in [-0.1, -0.05) is 91.0 Å². The van der Waals surface area contributed by atoms with Crippen LogP contribution in [-0.4, -0.2) is 17.0 Å². The van der Waals surface area contributed by atoms with E-state index < -0.39 is 6.29 Å². The maximum Gasteiger partial charge on any atom is 0.184 e. The van der Waals surface area contributed by atoms with Crippen molar-refractivity contribution in [2.75, 3.05) is 5.75 Å². The molecule has 1 aliphatic heterocycles. The van der Waals surface area contributed by atoms with Gasteiger partial charge in [0.2, 0.25) is 0 Å². The Bertz CT molecular complexity index is 1250. The number of rotatable bonds is 8. The number of benzene rings is 4. The SMILES string of the molecule is NCc1ccccc1-c1ccc([C@H]2O[C@@H](CSc3ccccc3)C[C@@H](c3ccc(CO)cc3)O2)cc1. The van der Waals surface area contributed by atoms with Crippen molar-refractivity contribution in [1.29, 1.82) is 0 Å². The van der Waals surface area contributed by atoms with E-state index in [0.29, 0.717) is 6.54 Å². The van der Waals surface area contributed by atoms with Gasteiger partial charge in [-0.15, -0.1) is 11.8 Å². The van der Waals surface area contributed by atoms with E-state index in [0.717, 1.165) is 45.6 Å². The van der Waals surface area contributed by atoms with Crippen molar-refractivity contribution in [1.82, 2.24) is 0 Å². The quantitative estimate of drug-likeness (QED) is 0.267. The van der Waals surface area contributed by atoms with Crippen LogP contribution in [0.15, 0.2) is 108 Å². The number of hydrogen-bond donors (Lipinski definition) is 2. The van der Waals surface area contributed by atoms with Crippen molar-refractivity contribution in [3.63, 3.8) is 0 Å². The Morgan fingerprint density at radius 2 is 1.47 bits per heavy atom. The van der Waals surface area contributed by atoms with E-state index in [1.807, 2.05) is 42.5 Å². The number of aliphatic hydroxyl groups excluding tert-OH is 1. The molecule has 0 aliphatic carbocycles. The standard InChI is InChI=1S/C31H31NO3S/c32-19-26-6-4-5-9-29(26)23-14-16-25(17-15-23)31-34-27(21-36-28-7-2-1-3-8-28)18-30(35-31)24-12-10-22(20-33)11-13-24/h1-17,27,30-31,33H,18-21,32H2/t27-,30+,31+/m1/s1. The number of hydrogen-bond acceptors (Lipinski definition) is 5. The molecule has 1 fully saturated rings. The molecule has 4 aromatic rings. The minimum Gasteiger partial charge on any atom is -0.392 e. The molecule has 5 heteroatoms. The summed E-state index contributed by atoms with van der Waals surface area (Å²) in [5.41, 5.74) is 12.3. The first-order valence-electron chi connectivity index (χ1n) is 12.3. The fourth-order valence-electron chi connectivity index (χ4n) is 4.53. The van der Waals surface area contributed by atoms with Gasteiger partial charge in [-0.05, 0) is 39.9 Å². The van der Waals surface area contributed by atoms with Gasteiger partial charge in [0.05, 0.1) is 18.8 Å². The van der Waals surface area contributed by atoms with E-state index in [2.05, 4.69) is 60.7 Å². The Labute approximate surface area is 217 Å². The third-order valence-corrected chi connectivity index (χ3v) is 7.67. The van der Waals surface area contributed by atoms with Crippen molar-refractivity contribution in [2.24, 2.45) is 5.73 Å². The van der Waals surface area contributed by atoms with E-state index >= 15 is 0 Å². The Balaban J connectivity index is 1.37. The number of thioether (sulfide) groups is 1. The predicted molar refractivity (Wildman–Crippen MR) is 145 cm³/mol. The lowest BCUT2D eigenvalue weighted by Crippen LogP contribution is -2.31. The molecule has 0 amide bonds. The molecule has 0 spiro atoms. The van der Waals surface area contributed by atoms with E-state index in [9.17, 15) is 5.11 Å². The van der Waals surface area contributed by atoms with Gasteiger partial charge in [-0.3, -0.25) is 0 Å². The highest BCUT2D eigenvalue weighted by atomic mass is 32.2. The van der Waals surface area contributed by atoms with Crippen molar-refractivity contribution in [2.45, 2.75) is 43.0 Å². The lowest BCUT2D eigenvalue weighted by atomic mass is 9.98. The fourth-order valence-corrected chi connectivity index (χ4v) is 5.47. The van der Waals surface area contributed by atoms with E-state index in [1.54, 1.807) is 11.8 Å². The second-order valence-electron chi connectivity index (χ2n) is 8.96. The molecule has 184 valence electrons. The zero-order chi connectivity index (χ0) is 24.7. The monoisotopic (exact) mass is 497 g/mol. The Kier molecular flexibility index (Phi) is 8.16. The Morgan fingerprint density at radius 1 is 0.778 bits per heavy atom. The summed E-state index contributed by atoms with van der Waals surface area (Å²) in [6, 6.07) is 35.1. The van der Waals surface area contributed by atoms with Crippen LogP contribution in [0, 0.1) is 0 Å². The van der Waals surface area contributed by atoms with Crippen molar-refractivity contribution >= 4 is 11.8 Å². The van der Waals surface area contributed by atoms with Gasteiger partial charge in [0.25, 0.3) is 0 Å². The van der Waals surface area contributed by atoms with Crippen LogP contribution in [0.2, 0.25) is 0 Å². The van der Waals surface area contributed by atoms with Gasteiger partial charge < -0.3 is 20.3 Å². The summed E-state index contributed by atoms with van der Waals surface area (Å²) in [5.74, 6) is 0.844. The molecule has 3 atom stereocenters. The lowest BCUT2D eigenvalue weighted by Gasteiger charge is -2.36. The Hall–Kier alpha value is -2.93. The molecule has 1 aliphatic rings. The molecule has 1 saturated heterocycles. The molecule has 3 N–H and O–H groups in total. The Morgan fingerprint density at radius 3 is 2.19 bits per heavy atom. The molecule has 36 heavy (non-hydrogen) atoms. The van der Waals surface area contributed by atoms with Crippen molar-refractivity contribution in [3.05, 3.63) is 125 Å². The summed E-state index contributed by atoms with van der Waals surface area (Å²) >= 11 is 1.81. The smallest absolute Gasteiger partial charge is 0.184 e. The number of ether oxygens (including phenoxy) is 2. The van der Waals surface area contributed by atoms with Gasteiger partial charge >= 0.3 is 0 Å². The highest BCUT2D eigenvalue weighted by molar-refractivity contribution is 7.99. The van der Waals surface area contributed by atoms with Crippen LogP contribution < -0.4 is 5.73 Å². The summed E-state index contributed by atoms with van der Waals surface area (Å²) in [6.45, 7) is 0.539. The fraction of sp³-hybridized carbons (Fsp3) is 0.226. The largest absolute Gasteiger partial charge is 0.392 e. The van der Waals surface area contributed by atoms with Crippen LogP contribution in [0.25, 0.3) is 11.1 Å². The first-order valence-corrected chi connectivity index (χ1v) is 13.3. The van der Waals surface area contributed by atoms with Gasteiger partial charge in [0.15, 0.2) is 6.29 Å². The predicted octanol–water partition coefficient (Wildman–Crippen LogP) is 6.64. The summed E-state index contributed by atoms with van der Waals surface area (Å²) in [5, 5.41) is 9.43. The highest BCUT2D eigenvalue weighted by Gasteiger charge is 2.32. The maximum atomic E-state index is 9.43. The van der Waals surface area contributed by atoms with Crippen molar-refractivity contribution in [3.8, 4) is 11.1 Å². The third kappa shape index (κ3) is 5.89. The van der Waals surface area contributed by atoms with E-state index in [1.165, 1.54) is 4.90 Å². The summed E-state index contributed by atoms with van der Waals surface area (Å²) < 4.78 is 13.0. The van der Waals surface area contributed by atoms with Crippen LogP contribution in [0.1, 0.15) is 41.1 Å². The van der Waals surface area contributed by atoms with Gasteiger partial charge in [0.1, 0.15) is 0 Å². The molecule has 1 heterocycles. The molecule has 0 bridgehead atoms.